The van der Waals surface area contributed by atoms with E-state index in [-0.39, 0.29) is 12.8 Å². The standard InChI is InChI=1S/C13H26O6/c1-6-7-10-16-13(5,9-8-11(14)15)18-19-17-12(2,3)4/h6-10H2,1-5H3,(H,14,15). The minimum Gasteiger partial charge on any atom is -0.481 e. The number of hydrogen-bond donors (Lipinski definition) is 1. The molecule has 1 N–H and O–H groups in total. The van der Waals surface area contributed by atoms with Gasteiger partial charge in [0.1, 0.15) is 0 Å². The van der Waals surface area contributed by atoms with Crippen molar-refractivity contribution in [3.05, 3.63) is 0 Å². The number of ether oxygens (including phenoxy) is 1. The minimum atomic E-state index is -1.13. The zero-order valence-electron chi connectivity index (χ0n) is 12.5. The molecule has 0 aromatic heterocycles. The van der Waals surface area contributed by atoms with Gasteiger partial charge in [0.25, 0.3) is 0 Å². The van der Waals surface area contributed by atoms with Crippen molar-refractivity contribution in [3.63, 3.8) is 0 Å². The molecule has 114 valence electrons. The van der Waals surface area contributed by atoms with Gasteiger partial charge in [-0.2, -0.15) is 4.89 Å². The largest absolute Gasteiger partial charge is 0.481 e. The van der Waals surface area contributed by atoms with Crippen LogP contribution in [0.5, 0.6) is 0 Å². The van der Waals surface area contributed by atoms with Gasteiger partial charge in [0, 0.05) is 6.42 Å². The highest BCUT2D eigenvalue weighted by molar-refractivity contribution is 5.66. The van der Waals surface area contributed by atoms with Crippen molar-refractivity contribution in [3.8, 4) is 0 Å². The van der Waals surface area contributed by atoms with Crippen LogP contribution in [0, 0.1) is 0 Å². The van der Waals surface area contributed by atoms with Gasteiger partial charge in [-0.1, -0.05) is 18.4 Å². The quantitative estimate of drug-likeness (QED) is 0.286. The molecular weight excluding hydrogens is 252 g/mol. The molecule has 0 aliphatic carbocycles. The smallest absolute Gasteiger partial charge is 0.303 e. The van der Waals surface area contributed by atoms with Gasteiger partial charge in [-0.3, -0.25) is 4.79 Å². The van der Waals surface area contributed by atoms with E-state index in [0.717, 1.165) is 12.8 Å². The van der Waals surface area contributed by atoms with Crippen molar-refractivity contribution in [1.29, 1.82) is 0 Å². The number of hydrogen-bond acceptors (Lipinski definition) is 5. The molecule has 0 saturated heterocycles. The Morgan fingerprint density at radius 1 is 1.16 bits per heavy atom. The Morgan fingerprint density at radius 2 is 1.79 bits per heavy atom. The fourth-order valence-corrected chi connectivity index (χ4v) is 1.10. The average molecular weight is 278 g/mol. The monoisotopic (exact) mass is 278 g/mol. The minimum absolute atomic E-state index is 0.0680. The fraction of sp³-hybridized carbons (Fsp3) is 0.923. The molecule has 0 aliphatic heterocycles. The highest BCUT2D eigenvalue weighted by atomic mass is 17.5. The maximum atomic E-state index is 10.6. The SMILES string of the molecule is CCCCOC(C)(CCC(=O)O)OOOC(C)(C)C. The number of unbranched alkanes of at least 4 members (excludes halogenated alkanes) is 1. The molecule has 0 saturated carbocycles. The molecule has 0 heterocycles. The summed E-state index contributed by atoms with van der Waals surface area (Å²) in [4.78, 5) is 20.7. The van der Waals surface area contributed by atoms with Crippen molar-refractivity contribution in [2.45, 2.75) is 71.7 Å². The summed E-state index contributed by atoms with van der Waals surface area (Å²) in [5.41, 5.74) is -0.517. The van der Waals surface area contributed by atoms with E-state index in [2.05, 4.69) is 0 Å². The number of carboxylic acids is 1. The van der Waals surface area contributed by atoms with E-state index in [4.69, 9.17) is 24.7 Å². The van der Waals surface area contributed by atoms with Crippen LogP contribution in [0.2, 0.25) is 0 Å². The molecule has 0 aromatic carbocycles. The van der Waals surface area contributed by atoms with Crippen LogP contribution >= 0.6 is 0 Å². The second kappa shape index (κ2) is 8.47. The molecule has 1 atom stereocenters. The van der Waals surface area contributed by atoms with Crippen LogP contribution in [0.25, 0.3) is 0 Å². The van der Waals surface area contributed by atoms with Crippen LogP contribution < -0.4 is 0 Å². The van der Waals surface area contributed by atoms with Crippen LogP contribution in [-0.4, -0.2) is 29.1 Å². The van der Waals surface area contributed by atoms with Gasteiger partial charge in [0.2, 0.25) is 5.79 Å². The summed E-state index contributed by atoms with van der Waals surface area (Å²) in [5, 5.41) is 13.4. The number of aliphatic carboxylic acids is 1. The van der Waals surface area contributed by atoms with E-state index in [1.54, 1.807) is 6.92 Å². The molecule has 0 aromatic rings. The third-order valence-corrected chi connectivity index (χ3v) is 2.19. The van der Waals surface area contributed by atoms with Gasteiger partial charge in [0.15, 0.2) is 0 Å². The van der Waals surface area contributed by atoms with Crippen molar-refractivity contribution in [1.82, 2.24) is 0 Å². The molecule has 0 radical (unpaired) electrons. The highest BCUT2D eigenvalue weighted by Crippen LogP contribution is 2.22. The average Bonchev–Trinajstić information content (AvgIpc) is 2.25. The van der Waals surface area contributed by atoms with E-state index < -0.39 is 17.4 Å². The molecule has 0 amide bonds. The second-order valence-corrected chi connectivity index (χ2v) is 5.58. The van der Waals surface area contributed by atoms with Gasteiger partial charge in [-0.15, -0.1) is 0 Å². The summed E-state index contributed by atoms with van der Waals surface area (Å²) < 4.78 is 5.54. The Kier molecular flexibility index (Phi) is 8.17. The molecule has 0 bridgehead atoms. The van der Waals surface area contributed by atoms with E-state index in [0.29, 0.717) is 6.61 Å². The van der Waals surface area contributed by atoms with Gasteiger partial charge < -0.3 is 9.84 Å². The zero-order chi connectivity index (χ0) is 14.9. The van der Waals surface area contributed by atoms with Gasteiger partial charge >= 0.3 is 5.97 Å². The van der Waals surface area contributed by atoms with E-state index in [1.165, 1.54) is 0 Å². The van der Waals surface area contributed by atoms with Crippen LogP contribution in [0.4, 0.5) is 0 Å². The summed E-state index contributed by atoms with van der Waals surface area (Å²) >= 11 is 0. The maximum absolute atomic E-state index is 10.6. The Hall–Kier alpha value is -0.690. The normalized spacial score (nSPS) is 15.2. The summed E-state index contributed by atoms with van der Waals surface area (Å²) in [7, 11) is 0. The highest BCUT2D eigenvalue weighted by Gasteiger charge is 2.30. The molecule has 0 aliphatic rings. The van der Waals surface area contributed by atoms with Crippen molar-refractivity contribution in [2.75, 3.05) is 6.61 Å². The Bertz CT molecular complexity index is 260. The van der Waals surface area contributed by atoms with Crippen LogP contribution in [-0.2, 0) is 24.3 Å². The first kappa shape index (κ1) is 18.3. The van der Waals surface area contributed by atoms with Gasteiger partial charge in [0.05, 0.1) is 18.6 Å². The summed E-state index contributed by atoms with van der Waals surface area (Å²) in [5.74, 6) is -2.04. The van der Waals surface area contributed by atoms with Crippen molar-refractivity contribution < 1.29 is 29.5 Å². The molecule has 0 fully saturated rings. The Labute approximate surface area is 114 Å². The Balaban J connectivity index is 4.26. The predicted octanol–water partition coefficient (Wildman–Crippen LogP) is 3.06. The lowest BCUT2D eigenvalue weighted by Crippen LogP contribution is -2.35. The predicted molar refractivity (Wildman–Crippen MR) is 69.1 cm³/mol. The fourth-order valence-electron chi connectivity index (χ4n) is 1.10. The molecular formula is C13H26O6. The maximum Gasteiger partial charge on any atom is 0.303 e. The molecule has 0 rings (SSSR count). The topological polar surface area (TPSA) is 74.2 Å². The lowest BCUT2D eigenvalue weighted by Gasteiger charge is -2.28. The van der Waals surface area contributed by atoms with E-state index in [9.17, 15) is 4.79 Å². The summed E-state index contributed by atoms with van der Waals surface area (Å²) in [6.07, 6.45) is 1.96. The third-order valence-electron chi connectivity index (χ3n) is 2.19. The molecule has 1 unspecified atom stereocenters. The molecule has 6 nitrogen and oxygen atoms in total. The second-order valence-electron chi connectivity index (χ2n) is 5.58. The first-order valence-electron chi connectivity index (χ1n) is 6.58. The van der Waals surface area contributed by atoms with Crippen molar-refractivity contribution in [2.24, 2.45) is 0 Å². The Morgan fingerprint density at radius 3 is 2.26 bits per heavy atom. The first-order chi connectivity index (χ1) is 8.68. The zero-order valence-corrected chi connectivity index (χ0v) is 12.5. The third kappa shape index (κ3) is 10.9. The lowest BCUT2D eigenvalue weighted by atomic mass is 10.1. The van der Waals surface area contributed by atoms with Crippen LogP contribution in [0.15, 0.2) is 0 Å². The first-order valence-corrected chi connectivity index (χ1v) is 6.58. The van der Waals surface area contributed by atoms with Gasteiger partial charge in [-0.05, 0) is 34.1 Å². The molecule has 19 heavy (non-hydrogen) atoms. The van der Waals surface area contributed by atoms with Gasteiger partial charge in [-0.25, -0.2) is 4.89 Å². The van der Waals surface area contributed by atoms with Crippen LogP contribution in [0.1, 0.15) is 60.3 Å². The number of carboxylic acid groups (broad SMARTS) is 1. The summed E-state index contributed by atoms with van der Waals surface area (Å²) in [6.45, 7) is 9.58. The molecule has 6 heteroatoms. The lowest BCUT2D eigenvalue weighted by molar-refractivity contribution is -0.588. The summed E-state index contributed by atoms with van der Waals surface area (Å²) in [6, 6.07) is 0. The van der Waals surface area contributed by atoms with Crippen LogP contribution in [0.3, 0.4) is 0 Å². The van der Waals surface area contributed by atoms with E-state index in [1.807, 2.05) is 27.7 Å². The number of carbonyl (C=O) groups is 1. The van der Waals surface area contributed by atoms with E-state index >= 15 is 0 Å². The van der Waals surface area contributed by atoms with Crippen molar-refractivity contribution >= 4 is 5.97 Å². The number of rotatable bonds is 10. The molecule has 0 spiro atoms.